The molecule has 0 spiro atoms. The summed E-state index contributed by atoms with van der Waals surface area (Å²) < 4.78 is 1.26. The molecule has 1 aromatic heterocycles. The van der Waals surface area contributed by atoms with E-state index in [9.17, 15) is 9.59 Å². The van der Waals surface area contributed by atoms with Gasteiger partial charge in [-0.05, 0) is 12.5 Å². The van der Waals surface area contributed by atoms with E-state index in [1.165, 1.54) is 16.8 Å². The summed E-state index contributed by atoms with van der Waals surface area (Å²) in [5, 5.41) is 8.92. The maximum absolute atomic E-state index is 11.3. The topological polar surface area (TPSA) is 59.3 Å². The maximum Gasteiger partial charge on any atom is 0.326 e. The maximum atomic E-state index is 11.3. The molecule has 0 aliphatic carbocycles. The minimum atomic E-state index is -0.958. The Morgan fingerprint density at radius 2 is 2.29 bits per heavy atom. The molecule has 1 heterocycles. The van der Waals surface area contributed by atoms with Crippen LogP contribution < -0.4 is 5.56 Å². The highest BCUT2D eigenvalue weighted by molar-refractivity contribution is 5.71. The number of aromatic nitrogens is 1. The van der Waals surface area contributed by atoms with Crippen LogP contribution in [-0.4, -0.2) is 15.6 Å². The van der Waals surface area contributed by atoms with E-state index in [1.807, 2.05) is 6.92 Å². The number of hydrogen-bond donors (Lipinski definition) is 1. The number of rotatable bonds is 4. The highest BCUT2D eigenvalue weighted by Gasteiger charge is 2.18. The van der Waals surface area contributed by atoms with Gasteiger partial charge in [-0.3, -0.25) is 4.79 Å². The van der Waals surface area contributed by atoms with Crippen LogP contribution in [0.15, 0.2) is 29.2 Å². The Hall–Kier alpha value is -1.58. The summed E-state index contributed by atoms with van der Waals surface area (Å²) in [4.78, 5) is 22.2. The van der Waals surface area contributed by atoms with Crippen molar-refractivity contribution in [3.63, 3.8) is 0 Å². The summed E-state index contributed by atoms with van der Waals surface area (Å²) in [7, 11) is 0. The number of carboxylic acid groups (broad SMARTS) is 1. The summed E-state index contributed by atoms with van der Waals surface area (Å²) in [6.45, 7) is 1.89. The van der Waals surface area contributed by atoms with Crippen molar-refractivity contribution in [2.75, 3.05) is 0 Å². The van der Waals surface area contributed by atoms with Crippen molar-refractivity contribution in [3.8, 4) is 0 Å². The molecule has 0 fully saturated rings. The van der Waals surface area contributed by atoms with Gasteiger partial charge in [0.2, 0.25) is 0 Å². The lowest BCUT2D eigenvalue weighted by Crippen LogP contribution is -2.28. The Kier molecular flexibility index (Phi) is 3.45. The predicted octanol–water partition coefficient (Wildman–Crippen LogP) is 1.27. The Morgan fingerprint density at radius 1 is 1.57 bits per heavy atom. The molecule has 0 bridgehead atoms. The molecular weight excluding hydrogens is 182 g/mol. The molecule has 1 unspecified atom stereocenters. The van der Waals surface area contributed by atoms with E-state index in [1.54, 1.807) is 12.1 Å². The van der Waals surface area contributed by atoms with Gasteiger partial charge in [-0.2, -0.15) is 0 Å². The zero-order chi connectivity index (χ0) is 10.6. The second kappa shape index (κ2) is 4.60. The summed E-state index contributed by atoms with van der Waals surface area (Å²) >= 11 is 0. The van der Waals surface area contributed by atoms with Crippen molar-refractivity contribution in [1.29, 1.82) is 0 Å². The van der Waals surface area contributed by atoms with Crippen LogP contribution in [0.4, 0.5) is 0 Å². The Morgan fingerprint density at radius 3 is 2.79 bits per heavy atom. The van der Waals surface area contributed by atoms with Crippen molar-refractivity contribution in [2.24, 2.45) is 0 Å². The highest BCUT2D eigenvalue weighted by atomic mass is 16.4. The predicted molar refractivity (Wildman–Crippen MR) is 52.3 cm³/mol. The molecule has 0 aliphatic rings. The fraction of sp³-hybridized carbons (Fsp3) is 0.400. The van der Waals surface area contributed by atoms with Gasteiger partial charge in [0.05, 0.1) is 0 Å². The fourth-order valence-corrected chi connectivity index (χ4v) is 1.35. The molecule has 0 amide bonds. The van der Waals surface area contributed by atoms with Crippen molar-refractivity contribution >= 4 is 5.97 Å². The smallest absolute Gasteiger partial charge is 0.326 e. The van der Waals surface area contributed by atoms with Crippen LogP contribution in [-0.2, 0) is 4.79 Å². The molecule has 0 radical (unpaired) electrons. The Labute approximate surface area is 81.8 Å². The van der Waals surface area contributed by atoms with Gasteiger partial charge in [0.25, 0.3) is 5.56 Å². The van der Waals surface area contributed by atoms with E-state index in [0.717, 1.165) is 6.42 Å². The van der Waals surface area contributed by atoms with Crippen molar-refractivity contribution in [2.45, 2.75) is 25.8 Å². The molecular formula is C10H13NO3. The van der Waals surface area contributed by atoms with Crippen LogP contribution in [0.25, 0.3) is 0 Å². The van der Waals surface area contributed by atoms with Crippen LogP contribution in [0.1, 0.15) is 25.8 Å². The summed E-state index contributed by atoms with van der Waals surface area (Å²) in [5.41, 5.74) is -0.270. The Balaban J connectivity index is 3.05. The molecule has 4 heteroatoms. The highest BCUT2D eigenvalue weighted by Crippen LogP contribution is 2.10. The Bertz CT molecular complexity index is 370. The summed E-state index contributed by atoms with van der Waals surface area (Å²) in [6, 6.07) is 3.89. The van der Waals surface area contributed by atoms with Crippen molar-refractivity contribution in [1.82, 2.24) is 4.57 Å². The summed E-state index contributed by atoms with van der Waals surface area (Å²) in [6.07, 6.45) is 2.72. The van der Waals surface area contributed by atoms with Gasteiger partial charge in [-0.1, -0.05) is 19.4 Å². The average Bonchev–Trinajstić information content (AvgIpc) is 2.15. The quantitative estimate of drug-likeness (QED) is 0.787. The number of hydrogen-bond acceptors (Lipinski definition) is 2. The van der Waals surface area contributed by atoms with Gasteiger partial charge in [-0.15, -0.1) is 0 Å². The first-order valence-electron chi connectivity index (χ1n) is 4.56. The fourth-order valence-electron chi connectivity index (χ4n) is 1.35. The van der Waals surface area contributed by atoms with Gasteiger partial charge >= 0.3 is 5.97 Å². The standard InChI is InChI=1S/C10H13NO3/c1-2-5-8(10(13)14)11-7-4-3-6-9(11)12/h3-4,6-8H,2,5H2,1H3,(H,13,14). The number of carboxylic acids is 1. The summed E-state index contributed by atoms with van der Waals surface area (Å²) in [5.74, 6) is -0.958. The first-order chi connectivity index (χ1) is 6.66. The molecule has 76 valence electrons. The SMILES string of the molecule is CCCC(C(=O)O)n1ccccc1=O. The monoisotopic (exact) mass is 195 g/mol. The number of nitrogens with zero attached hydrogens (tertiary/aromatic N) is 1. The van der Waals surface area contributed by atoms with Gasteiger partial charge in [0.15, 0.2) is 0 Å². The second-order valence-electron chi connectivity index (χ2n) is 3.09. The third-order valence-corrected chi connectivity index (χ3v) is 2.03. The zero-order valence-corrected chi connectivity index (χ0v) is 8.01. The van der Waals surface area contributed by atoms with Crippen LogP contribution in [0, 0.1) is 0 Å². The number of pyridine rings is 1. The molecule has 0 aromatic carbocycles. The average molecular weight is 195 g/mol. The first-order valence-corrected chi connectivity index (χ1v) is 4.56. The first kappa shape index (κ1) is 10.5. The van der Waals surface area contributed by atoms with Crippen LogP contribution in [0.2, 0.25) is 0 Å². The largest absolute Gasteiger partial charge is 0.480 e. The minimum absolute atomic E-state index is 0.270. The molecule has 4 nitrogen and oxygen atoms in total. The van der Waals surface area contributed by atoms with Gasteiger partial charge in [0, 0.05) is 12.3 Å². The molecule has 1 aromatic rings. The molecule has 1 rings (SSSR count). The van der Waals surface area contributed by atoms with E-state index in [0.29, 0.717) is 6.42 Å². The lowest BCUT2D eigenvalue weighted by molar-refractivity contribution is -0.141. The molecule has 1 N–H and O–H groups in total. The van der Waals surface area contributed by atoms with E-state index in [-0.39, 0.29) is 5.56 Å². The van der Waals surface area contributed by atoms with Crippen LogP contribution in [0.5, 0.6) is 0 Å². The van der Waals surface area contributed by atoms with Gasteiger partial charge < -0.3 is 9.67 Å². The third-order valence-electron chi connectivity index (χ3n) is 2.03. The second-order valence-corrected chi connectivity index (χ2v) is 3.09. The third kappa shape index (κ3) is 2.22. The molecule has 1 atom stereocenters. The lowest BCUT2D eigenvalue weighted by Gasteiger charge is -2.13. The lowest BCUT2D eigenvalue weighted by atomic mass is 10.1. The van der Waals surface area contributed by atoms with Crippen LogP contribution >= 0.6 is 0 Å². The molecule has 14 heavy (non-hydrogen) atoms. The van der Waals surface area contributed by atoms with Crippen molar-refractivity contribution in [3.05, 3.63) is 34.7 Å². The van der Waals surface area contributed by atoms with Gasteiger partial charge in [0.1, 0.15) is 6.04 Å². The minimum Gasteiger partial charge on any atom is -0.480 e. The molecule has 0 aliphatic heterocycles. The molecule has 0 saturated heterocycles. The van der Waals surface area contributed by atoms with E-state index >= 15 is 0 Å². The van der Waals surface area contributed by atoms with Crippen molar-refractivity contribution < 1.29 is 9.90 Å². The van der Waals surface area contributed by atoms with E-state index in [4.69, 9.17) is 5.11 Å². The van der Waals surface area contributed by atoms with Crippen LogP contribution in [0.3, 0.4) is 0 Å². The van der Waals surface area contributed by atoms with Gasteiger partial charge in [-0.25, -0.2) is 4.79 Å². The normalized spacial score (nSPS) is 12.4. The molecule has 0 saturated carbocycles. The van der Waals surface area contributed by atoms with E-state index < -0.39 is 12.0 Å². The van der Waals surface area contributed by atoms with E-state index in [2.05, 4.69) is 0 Å². The number of carbonyl (C=O) groups is 1. The number of aliphatic carboxylic acids is 1. The zero-order valence-electron chi connectivity index (χ0n) is 8.01.